The van der Waals surface area contributed by atoms with Crippen LogP contribution in [0.3, 0.4) is 0 Å². The summed E-state index contributed by atoms with van der Waals surface area (Å²) in [5, 5.41) is 2.52. The Labute approximate surface area is 125 Å². The molecule has 0 spiro atoms. The van der Waals surface area contributed by atoms with E-state index in [9.17, 15) is 0 Å². The highest BCUT2D eigenvalue weighted by molar-refractivity contribution is 9.10. The molecule has 2 N–H and O–H groups in total. The zero-order chi connectivity index (χ0) is 13.4. The van der Waals surface area contributed by atoms with Crippen LogP contribution in [0.25, 0.3) is 21.2 Å². The first-order chi connectivity index (χ1) is 9.16. The van der Waals surface area contributed by atoms with Gasteiger partial charge in [0, 0.05) is 20.3 Å². The van der Waals surface area contributed by atoms with E-state index in [1.807, 2.05) is 6.92 Å². The predicted octanol–water partition coefficient (Wildman–Crippen LogP) is 5.35. The van der Waals surface area contributed by atoms with Crippen molar-refractivity contribution in [2.24, 2.45) is 5.73 Å². The summed E-state index contributed by atoms with van der Waals surface area (Å²) in [5.41, 5.74) is 7.22. The minimum Gasteiger partial charge on any atom is -0.324 e. The average molecular weight is 332 g/mol. The minimum atomic E-state index is 0.0977. The van der Waals surface area contributed by atoms with Crippen molar-refractivity contribution in [3.63, 3.8) is 0 Å². The maximum absolute atomic E-state index is 5.94. The van der Waals surface area contributed by atoms with E-state index >= 15 is 0 Å². The van der Waals surface area contributed by atoms with Gasteiger partial charge in [0.1, 0.15) is 0 Å². The molecule has 0 amide bonds. The molecule has 3 heteroatoms. The molecule has 1 nitrogen and oxygen atoms in total. The summed E-state index contributed by atoms with van der Waals surface area (Å²) in [5.74, 6) is 0. The first kappa shape index (κ1) is 12.9. The fourth-order valence-electron chi connectivity index (χ4n) is 2.22. The van der Waals surface area contributed by atoms with Gasteiger partial charge in [-0.05, 0) is 41.5 Å². The normalized spacial score (nSPS) is 12.8. The molecule has 0 fully saturated rings. The van der Waals surface area contributed by atoms with Gasteiger partial charge in [0.2, 0.25) is 0 Å². The number of thiophene rings is 1. The quantitative estimate of drug-likeness (QED) is 0.672. The Kier molecular flexibility index (Phi) is 3.44. The van der Waals surface area contributed by atoms with Crippen LogP contribution in [0.2, 0.25) is 0 Å². The van der Waals surface area contributed by atoms with Crippen LogP contribution < -0.4 is 5.73 Å². The Morgan fingerprint density at radius 3 is 2.42 bits per heavy atom. The molecule has 1 atom stereocenters. The van der Waals surface area contributed by atoms with Crippen molar-refractivity contribution in [1.29, 1.82) is 0 Å². The Morgan fingerprint density at radius 1 is 1.00 bits per heavy atom. The molecule has 0 aliphatic heterocycles. The van der Waals surface area contributed by atoms with Crippen molar-refractivity contribution in [3.8, 4) is 10.4 Å². The number of benzene rings is 2. The number of nitrogens with two attached hydrogens (primary N) is 1. The topological polar surface area (TPSA) is 26.0 Å². The van der Waals surface area contributed by atoms with Gasteiger partial charge in [0.25, 0.3) is 0 Å². The Bertz CT molecular complexity index is 730. The summed E-state index contributed by atoms with van der Waals surface area (Å²) in [7, 11) is 0. The van der Waals surface area contributed by atoms with E-state index in [1.54, 1.807) is 11.3 Å². The van der Waals surface area contributed by atoms with Gasteiger partial charge >= 0.3 is 0 Å². The van der Waals surface area contributed by atoms with Crippen LogP contribution in [0.5, 0.6) is 0 Å². The van der Waals surface area contributed by atoms with Crippen molar-refractivity contribution in [2.45, 2.75) is 13.0 Å². The predicted molar refractivity (Wildman–Crippen MR) is 87.6 cm³/mol. The third kappa shape index (κ3) is 2.34. The van der Waals surface area contributed by atoms with E-state index in [0.717, 1.165) is 4.47 Å². The van der Waals surface area contributed by atoms with Crippen molar-refractivity contribution < 1.29 is 0 Å². The van der Waals surface area contributed by atoms with Crippen LogP contribution >= 0.6 is 27.3 Å². The standard InChI is InChI=1S/C16H14BrNS/c1-10(18)15-8-9-16(19-15)13-6-7-14(17)12-5-3-2-4-11(12)13/h2-10H,18H2,1H3. The second-order valence-corrected chi connectivity index (χ2v) is 6.60. The zero-order valence-corrected chi connectivity index (χ0v) is 13.0. The van der Waals surface area contributed by atoms with Crippen LogP contribution in [-0.4, -0.2) is 0 Å². The van der Waals surface area contributed by atoms with Gasteiger partial charge in [-0.3, -0.25) is 0 Å². The van der Waals surface area contributed by atoms with Gasteiger partial charge in [0.05, 0.1) is 0 Å². The molecule has 1 aromatic heterocycles. The molecule has 0 bridgehead atoms. The van der Waals surface area contributed by atoms with Gasteiger partial charge in [-0.25, -0.2) is 0 Å². The molecule has 1 heterocycles. The highest BCUT2D eigenvalue weighted by atomic mass is 79.9. The first-order valence-electron chi connectivity index (χ1n) is 6.20. The van der Waals surface area contributed by atoms with E-state index in [2.05, 4.69) is 64.5 Å². The molecule has 2 aromatic carbocycles. The third-order valence-corrected chi connectivity index (χ3v) is 5.22. The molecule has 0 aliphatic carbocycles. The monoisotopic (exact) mass is 331 g/mol. The molecule has 0 saturated carbocycles. The average Bonchev–Trinajstić information content (AvgIpc) is 2.89. The third-order valence-electron chi connectivity index (χ3n) is 3.21. The molecule has 1 unspecified atom stereocenters. The fraction of sp³-hybridized carbons (Fsp3) is 0.125. The lowest BCUT2D eigenvalue weighted by Gasteiger charge is -2.06. The van der Waals surface area contributed by atoms with Crippen molar-refractivity contribution in [1.82, 2.24) is 0 Å². The van der Waals surface area contributed by atoms with E-state index in [-0.39, 0.29) is 6.04 Å². The fourth-order valence-corrected chi connectivity index (χ4v) is 3.70. The summed E-state index contributed by atoms with van der Waals surface area (Å²) in [6.45, 7) is 2.02. The molecule has 0 radical (unpaired) electrons. The molecule has 3 rings (SSSR count). The SMILES string of the molecule is CC(N)c1ccc(-c2ccc(Br)c3ccccc23)s1. The molecular weight excluding hydrogens is 318 g/mol. The summed E-state index contributed by atoms with van der Waals surface area (Å²) >= 11 is 5.39. The van der Waals surface area contributed by atoms with Crippen LogP contribution in [-0.2, 0) is 0 Å². The first-order valence-corrected chi connectivity index (χ1v) is 7.80. The van der Waals surface area contributed by atoms with Gasteiger partial charge in [-0.1, -0.05) is 46.3 Å². The van der Waals surface area contributed by atoms with Gasteiger partial charge in [0.15, 0.2) is 0 Å². The van der Waals surface area contributed by atoms with E-state index < -0.39 is 0 Å². The number of halogens is 1. The van der Waals surface area contributed by atoms with E-state index in [4.69, 9.17) is 5.73 Å². The maximum Gasteiger partial charge on any atom is 0.0361 e. The highest BCUT2D eigenvalue weighted by Gasteiger charge is 2.10. The van der Waals surface area contributed by atoms with Crippen molar-refractivity contribution in [2.75, 3.05) is 0 Å². The lowest BCUT2D eigenvalue weighted by Crippen LogP contribution is -2.01. The van der Waals surface area contributed by atoms with Crippen LogP contribution in [0, 0.1) is 0 Å². The maximum atomic E-state index is 5.94. The van der Waals surface area contributed by atoms with Gasteiger partial charge in [-0.2, -0.15) is 0 Å². The highest BCUT2D eigenvalue weighted by Crippen LogP contribution is 2.37. The van der Waals surface area contributed by atoms with E-state index in [0.29, 0.717) is 0 Å². The number of fused-ring (bicyclic) bond motifs is 1. The molecule has 0 saturated heterocycles. The van der Waals surface area contributed by atoms with Crippen LogP contribution in [0.4, 0.5) is 0 Å². The summed E-state index contributed by atoms with van der Waals surface area (Å²) in [6.07, 6.45) is 0. The minimum absolute atomic E-state index is 0.0977. The summed E-state index contributed by atoms with van der Waals surface area (Å²) < 4.78 is 1.14. The van der Waals surface area contributed by atoms with Gasteiger partial charge in [-0.15, -0.1) is 11.3 Å². The molecule has 0 aliphatic rings. The number of hydrogen-bond donors (Lipinski definition) is 1. The van der Waals surface area contributed by atoms with Gasteiger partial charge < -0.3 is 5.73 Å². The summed E-state index contributed by atoms with van der Waals surface area (Å²) in [6, 6.07) is 17.1. The lowest BCUT2D eigenvalue weighted by atomic mass is 10.0. The largest absolute Gasteiger partial charge is 0.324 e. The number of rotatable bonds is 2. The van der Waals surface area contributed by atoms with Crippen LogP contribution in [0.1, 0.15) is 17.8 Å². The smallest absolute Gasteiger partial charge is 0.0361 e. The van der Waals surface area contributed by atoms with Crippen LogP contribution in [0.15, 0.2) is 53.0 Å². The van der Waals surface area contributed by atoms with Crippen molar-refractivity contribution >= 4 is 38.0 Å². The second kappa shape index (κ2) is 5.08. The molecule has 19 heavy (non-hydrogen) atoms. The van der Waals surface area contributed by atoms with Crippen molar-refractivity contribution in [3.05, 3.63) is 57.9 Å². The number of hydrogen-bond acceptors (Lipinski definition) is 2. The molecule has 3 aromatic rings. The Hall–Kier alpha value is -1.16. The lowest BCUT2D eigenvalue weighted by molar-refractivity contribution is 0.838. The van der Waals surface area contributed by atoms with E-state index in [1.165, 1.54) is 26.1 Å². The molecule has 96 valence electrons. The Morgan fingerprint density at radius 2 is 1.74 bits per heavy atom. The zero-order valence-electron chi connectivity index (χ0n) is 10.6. The summed E-state index contributed by atoms with van der Waals surface area (Å²) in [4.78, 5) is 2.50. The Balaban J connectivity index is 2.22. The second-order valence-electron chi connectivity index (χ2n) is 4.63. The molecular formula is C16H14BrNS.